The fourth-order valence-corrected chi connectivity index (χ4v) is 2.87. The first-order valence-electron chi connectivity index (χ1n) is 6.92. The molecular weight excluding hydrogens is 256 g/mol. The monoisotopic (exact) mass is 274 g/mol. The standard InChI is InChI=1S/C14H18N4O2/c19-9-14(5-1-2-6-14)8-15-13(20)10-3-4-11-12(7-10)17-18-16-11/h3-4,7,19H,1-2,5-6,8-9H2,(H,15,20)(H,16,17,18). The van der Waals surface area contributed by atoms with Crippen LogP contribution >= 0.6 is 0 Å². The lowest BCUT2D eigenvalue weighted by Gasteiger charge is -2.26. The molecule has 1 aromatic carbocycles. The molecule has 3 rings (SSSR count). The number of H-pyrrole nitrogens is 1. The van der Waals surface area contributed by atoms with E-state index in [1.165, 1.54) is 0 Å². The maximum Gasteiger partial charge on any atom is 0.251 e. The molecule has 6 heteroatoms. The van der Waals surface area contributed by atoms with E-state index in [1.807, 2.05) is 0 Å². The van der Waals surface area contributed by atoms with Crippen LogP contribution in [0.2, 0.25) is 0 Å². The first kappa shape index (κ1) is 13.1. The number of nitrogens with zero attached hydrogens (tertiary/aromatic N) is 2. The Kier molecular flexibility index (Phi) is 3.40. The highest BCUT2D eigenvalue weighted by Crippen LogP contribution is 2.36. The van der Waals surface area contributed by atoms with Crippen molar-refractivity contribution in [2.24, 2.45) is 5.41 Å². The molecule has 0 bridgehead atoms. The fourth-order valence-electron chi connectivity index (χ4n) is 2.87. The summed E-state index contributed by atoms with van der Waals surface area (Å²) in [5, 5.41) is 22.9. The van der Waals surface area contributed by atoms with Crippen LogP contribution in [0.5, 0.6) is 0 Å². The van der Waals surface area contributed by atoms with Gasteiger partial charge in [0.25, 0.3) is 5.91 Å². The van der Waals surface area contributed by atoms with Gasteiger partial charge in [0.15, 0.2) is 0 Å². The van der Waals surface area contributed by atoms with E-state index in [2.05, 4.69) is 20.7 Å². The van der Waals surface area contributed by atoms with Crippen LogP contribution in [0.15, 0.2) is 18.2 Å². The maximum atomic E-state index is 12.2. The fraction of sp³-hybridized carbons (Fsp3) is 0.500. The topological polar surface area (TPSA) is 90.9 Å². The third kappa shape index (κ3) is 2.38. The van der Waals surface area contributed by atoms with Crippen LogP contribution in [0, 0.1) is 5.41 Å². The lowest BCUT2D eigenvalue weighted by molar-refractivity contribution is 0.0881. The smallest absolute Gasteiger partial charge is 0.251 e. The number of aromatic nitrogens is 3. The van der Waals surface area contributed by atoms with Crippen LogP contribution in [0.1, 0.15) is 36.0 Å². The van der Waals surface area contributed by atoms with Crippen LogP contribution in [-0.4, -0.2) is 39.6 Å². The van der Waals surface area contributed by atoms with Crippen molar-refractivity contribution in [3.8, 4) is 0 Å². The van der Waals surface area contributed by atoms with Gasteiger partial charge in [0.1, 0.15) is 11.0 Å². The molecule has 1 saturated carbocycles. The molecule has 2 aromatic rings. The lowest BCUT2D eigenvalue weighted by Crippen LogP contribution is -2.38. The maximum absolute atomic E-state index is 12.2. The molecule has 0 spiro atoms. The third-order valence-electron chi connectivity index (χ3n) is 4.20. The molecular formula is C14H18N4O2. The van der Waals surface area contributed by atoms with Gasteiger partial charge in [-0.2, -0.15) is 15.4 Å². The van der Waals surface area contributed by atoms with Crippen LogP contribution in [0.3, 0.4) is 0 Å². The van der Waals surface area contributed by atoms with E-state index in [0.29, 0.717) is 17.6 Å². The summed E-state index contributed by atoms with van der Waals surface area (Å²) < 4.78 is 0. The number of aliphatic hydroxyl groups is 1. The average molecular weight is 274 g/mol. The Hall–Kier alpha value is -1.95. The van der Waals surface area contributed by atoms with Crippen molar-refractivity contribution in [3.63, 3.8) is 0 Å². The SMILES string of the molecule is O=C(NCC1(CO)CCCC1)c1ccc2n[nH]nc2c1. The lowest BCUT2D eigenvalue weighted by atomic mass is 9.87. The Bertz CT molecular complexity index is 616. The van der Waals surface area contributed by atoms with Crippen LogP contribution in [0.25, 0.3) is 11.0 Å². The number of aliphatic hydroxyl groups excluding tert-OH is 1. The largest absolute Gasteiger partial charge is 0.396 e. The Balaban J connectivity index is 1.69. The zero-order chi connectivity index (χ0) is 14.0. The van der Waals surface area contributed by atoms with Crippen molar-refractivity contribution in [1.82, 2.24) is 20.7 Å². The van der Waals surface area contributed by atoms with Crippen molar-refractivity contribution in [2.45, 2.75) is 25.7 Å². The molecule has 106 valence electrons. The number of hydrogen-bond donors (Lipinski definition) is 3. The van der Waals surface area contributed by atoms with Gasteiger partial charge < -0.3 is 10.4 Å². The van der Waals surface area contributed by atoms with E-state index in [9.17, 15) is 9.90 Å². The summed E-state index contributed by atoms with van der Waals surface area (Å²) in [6.45, 7) is 0.661. The number of hydrogen-bond acceptors (Lipinski definition) is 4. The molecule has 0 aliphatic heterocycles. The molecule has 0 radical (unpaired) electrons. The predicted molar refractivity (Wildman–Crippen MR) is 74.2 cm³/mol. The second kappa shape index (κ2) is 5.20. The molecule has 1 aliphatic carbocycles. The number of carbonyl (C=O) groups is 1. The molecule has 1 amide bonds. The highest BCUT2D eigenvalue weighted by molar-refractivity contribution is 5.97. The van der Waals surface area contributed by atoms with E-state index in [4.69, 9.17) is 0 Å². The minimum Gasteiger partial charge on any atom is -0.396 e. The van der Waals surface area contributed by atoms with Gasteiger partial charge in [-0.25, -0.2) is 0 Å². The zero-order valence-electron chi connectivity index (χ0n) is 11.2. The van der Waals surface area contributed by atoms with Crippen molar-refractivity contribution in [2.75, 3.05) is 13.2 Å². The molecule has 1 heterocycles. The van der Waals surface area contributed by atoms with Gasteiger partial charge in [-0.15, -0.1) is 0 Å². The van der Waals surface area contributed by atoms with Gasteiger partial charge in [0, 0.05) is 17.5 Å². The highest BCUT2D eigenvalue weighted by Gasteiger charge is 2.33. The highest BCUT2D eigenvalue weighted by atomic mass is 16.3. The van der Waals surface area contributed by atoms with E-state index in [1.54, 1.807) is 18.2 Å². The first-order valence-corrected chi connectivity index (χ1v) is 6.92. The molecule has 1 aliphatic rings. The van der Waals surface area contributed by atoms with Crippen LogP contribution in [0.4, 0.5) is 0 Å². The number of rotatable bonds is 4. The summed E-state index contributed by atoms with van der Waals surface area (Å²) in [4.78, 5) is 12.2. The van der Waals surface area contributed by atoms with Crippen LogP contribution in [-0.2, 0) is 0 Å². The normalized spacial score (nSPS) is 17.4. The molecule has 1 aromatic heterocycles. The summed E-state index contributed by atoms with van der Waals surface area (Å²) in [5.41, 5.74) is 1.85. The van der Waals surface area contributed by atoms with Crippen molar-refractivity contribution < 1.29 is 9.90 Å². The van der Waals surface area contributed by atoms with Gasteiger partial charge in [0.2, 0.25) is 0 Å². The van der Waals surface area contributed by atoms with Gasteiger partial charge in [-0.1, -0.05) is 12.8 Å². The number of nitrogens with one attached hydrogen (secondary N) is 2. The van der Waals surface area contributed by atoms with Gasteiger partial charge in [-0.3, -0.25) is 4.79 Å². The van der Waals surface area contributed by atoms with Gasteiger partial charge in [0.05, 0.1) is 6.61 Å². The molecule has 0 atom stereocenters. The summed E-state index contributed by atoms with van der Waals surface area (Å²) in [5.74, 6) is -0.130. The van der Waals surface area contributed by atoms with Crippen LogP contribution < -0.4 is 5.32 Å². The van der Waals surface area contributed by atoms with E-state index in [0.717, 1.165) is 31.2 Å². The molecule has 6 nitrogen and oxygen atoms in total. The Morgan fingerprint density at radius 1 is 1.30 bits per heavy atom. The molecule has 20 heavy (non-hydrogen) atoms. The van der Waals surface area contributed by atoms with E-state index in [-0.39, 0.29) is 17.9 Å². The third-order valence-corrected chi connectivity index (χ3v) is 4.20. The van der Waals surface area contributed by atoms with Crippen molar-refractivity contribution in [3.05, 3.63) is 23.8 Å². The van der Waals surface area contributed by atoms with Crippen molar-refractivity contribution in [1.29, 1.82) is 0 Å². The summed E-state index contributed by atoms with van der Waals surface area (Å²) in [6, 6.07) is 5.22. The van der Waals surface area contributed by atoms with Crippen molar-refractivity contribution >= 4 is 16.9 Å². The minimum atomic E-state index is -0.131. The average Bonchev–Trinajstić information content (AvgIpc) is 3.13. The second-order valence-electron chi connectivity index (χ2n) is 5.57. The Labute approximate surface area is 116 Å². The summed E-state index contributed by atoms with van der Waals surface area (Å²) in [6.07, 6.45) is 4.21. The number of benzene rings is 1. The summed E-state index contributed by atoms with van der Waals surface area (Å²) >= 11 is 0. The van der Waals surface area contributed by atoms with Gasteiger partial charge in [-0.05, 0) is 31.0 Å². The second-order valence-corrected chi connectivity index (χ2v) is 5.57. The number of aromatic amines is 1. The van der Waals surface area contributed by atoms with E-state index < -0.39 is 0 Å². The Morgan fingerprint density at radius 3 is 2.80 bits per heavy atom. The predicted octanol–water partition coefficient (Wildman–Crippen LogP) is 1.24. The molecule has 3 N–H and O–H groups in total. The zero-order valence-corrected chi connectivity index (χ0v) is 11.2. The number of amides is 1. The molecule has 0 saturated heterocycles. The van der Waals surface area contributed by atoms with E-state index >= 15 is 0 Å². The molecule has 1 fully saturated rings. The number of fused-ring (bicyclic) bond motifs is 1. The number of carbonyl (C=O) groups excluding carboxylic acids is 1. The van der Waals surface area contributed by atoms with Gasteiger partial charge >= 0.3 is 0 Å². The molecule has 0 unspecified atom stereocenters. The minimum absolute atomic E-state index is 0.130. The Morgan fingerprint density at radius 2 is 2.05 bits per heavy atom. The summed E-state index contributed by atoms with van der Waals surface area (Å²) in [7, 11) is 0. The first-order chi connectivity index (χ1) is 9.72. The quantitative estimate of drug-likeness (QED) is 0.782.